The summed E-state index contributed by atoms with van der Waals surface area (Å²) in [4.78, 5) is 43.3. The molecular weight excluding hydrogens is 386 g/mol. The Morgan fingerprint density at radius 2 is 1.97 bits per heavy atom. The Morgan fingerprint density at radius 1 is 1.20 bits per heavy atom. The minimum atomic E-state index is -0.608. The molecule has 0 saturated carbocycles. The first-order chi connectivity index (χ1) is 14.4. The van der Waals surface area contributed by atoms with Crippen LogP contribution >= 0.6 is 0 Å². The van der Waals surface area contributed by atoms with E-state index < -0.39 is 11.7 Å². The second kappa shape index (κ2) is 8.02. The van der Waals surface area contributed by atoms with E-state index >= 15 is 0 Å². The number of piperidine rings is 1. The van der Waals surface area contributed by atoms with Gasteiger partial charge in [0.15, 0.2) is 11.3 Å². The molecule has 0 aliphatic carbocycles. The molecule has 3 aromatic rings. The summed E-state index contributed by atoms with van der Waals surface area (Å²) >= 11 is 0. The van der Waals surface area contributed by atoms with Crippen LogP contribution in [0, 0.1) is 6.92 Å². The number of likely N-dealkylation sites (tertiary alicyclic amines) is 1. The molecule has 9 heteroatoms. The van der Waals surface area contributed by atoms with E-state index in [1.165, 1.54) is 10.8 Å². The molecule has 1 aliphatic rings. The molecule has 0 spiro atoms. The maximum atomic E-state index is 12.6. The molecule has 0 radical (unpaired) electrons. The molecule has 9 nitrogen and oxygen atoms in total. The fraction of sp³-hybridized carbons (Fsp3) is 0.333. The highest BCUT2D eigenvalue weighted by Gasteiger charge is 2.20. The predicted molar refractivity (Wildman–Crippen MR) is 112 cm³/mol. The van der Waals surface area contributed by atoms with Crippen molar-refractivity contribution in [3.05, 3.63) is 52.3 Å². The van der Waals surface area contributed by atoms with Crippen molar-refractivity contribution < 1.29 is 14.0 Å². The predicted octanol–water partition coefficient (Wildman–Crippen LogP) is 2.14. The number of nitrogen functional groups attached to an aromatic ring is 1. The minimum absolute atomic E-state index is 0.102. The fourth-order valence-electron chi connectivity index (χ4n) is 3.61. The molecule has 2 amide bonds. The first-order valence-corrected chi connectivity index (χ1v) is 9.87. The van der Waals surface area contributed by atoms with E-state index in [1.54, 1.807) is 36.1 Å². The van der Waals surface area contributed by atoms with Crippen LogP contribution in [0.5, 0.6) is 0 Å². The summed E-state index contributed by atoms with van der Waals surface area (Å²) in [5.74, 6) is -1.19. The van der Waals surface area contributed by atoms with Crippen molar-refractivity contribution in [2.24, 2.45) is 0 Å². The summed E-state index contributed by atoms with van der Waals surface area (Å²) in [6.45, 7) is 3.10. The van der Waals surface area contributed by atoms with Gasteiger partial charge in [0.25, 0.3) is 5.91 Å². The number of pyridine rings is 1. The Kier molecular flexibility index (Phi) is 5.26. The SMILES string of the molecule is Cc1ccnc(C(=O)Nc2ccc3oc(=O)n(CC(=O)N4CCCCC4)c3c2)c1N. The average molecular weight is 409 g/mol. The van der Waals surface area contributed by atoms with Crippen LogP contribution in [0.3, 0.4) is 0 Å². The highest BCUT2D eigenvalue weighted by atomic mass is 16.4. The summed E-state index contributed by atoms with van der Waals surface area (Å²) in [6.07, 6.45) is 4.57. The van der Waals surface area contributed by atoms with Crippen molar-refractivity contribution in [2.45, 2.75) is 32.7 Å². The molecule has 1 aliphatic heterocycles. The molecule has 1 saturated heterocycles. The molecule has 0 bridgehead atoms. The lowest BCUT2D eigenvalue weighted by Crippen LogP contribution is -2.39. The standard InChI is InChI=1S/C21H23N5O4/c1-13-7-8-23-19(18(13)22)20(28)24-14-5-6-16-15(11-14)26(21(29)30-16)12-17(27)25-9-3-2-4-10-25/h5-8,11H,2-4,9-10,12,22H2,1H3,(H,24,28). The number of hydrogen-bond acceptors (Lipinski definition) is 6. The fourth-order valence-corrected chi connectivity index (χ4v) is 3.61. The number of carbonyl (C=O) groups is 2. The summed E-state index contributed by atoms with van der Waals surface area (Å²) in [5, 5.41) is 2.74. The van der Waals surface area contributed by atoms with Gasteiger partial charge in [-0.05, 0) is 56.0 Å². The van der Waals surface area contributed by atoms with E-state index in [-0.39, 0.29) is 18.1 Å². The van der Waals surface area contributed by atoms with Crippen LogP contribution in [0.1, 0.15) is 35.3 Å². The van der Waals surface area contributed by atoms with Crippen LogP contribution in [0.25, 0.3) is 11.1 Å². The number of nitrogens with one attached hydrogen (secondary N) is 1. The first kappa shape index (κ1) is 19.7. The zero-order chi connectivity index (χ0) is 21.3. The van der Waals surface area contributed by atoms with Crippen LogP contribution < -0.4 is 16.8 Å². The van der Waals surface area contributed by atoms with E-state index in [4.69, 9.17) is 10.2 Å². The molecule has 4 rings (SSSR count). The maximum Gasteiger partial charge on any atom is 0.420 e. The Balaban J connectivity index is 1.59. The van der Waals surface area contributed by atoms with Gasteiger partial charge in [-0.3, -0.25) is 14.2 Å². The zero-order valence-corrected chi connectivity index (χ0v) is 16.7. The van der Waals surface area contributed by atoms with E-state index in [1.807, 2.05) is 0 Å². The topological polar surface area (TPSA) is 123 Å². The van der Waals surface area contributed by atoms with Crippen LogP contribution in [0.4, 0.5) is 11.4 Å². The smallest absolute Gasteiger partial charge is 0.408 e. The van der Waals surface area contributed by atoms with Gasteiger partial charge in [0.2, 0.25) is 5.91 Å². The minimum Gasteiger partial charge on any atom is -0.408 e. The number of fused-ring (bicyclic) bond motifs is 1. The van der Waals surface area contributed by atoms with Gasteiger partial charge in [0.1, 0.15) is 6.54 Å². The Labute approximate surface area is 172 Å². The summed E-state index contributed by atoms with van der Waals surface area (Å²) in [6, 6.07) is 6.53. The number of carbonyl (C=O) groups excluding carboxylic acids is 2. The lowest BCUT2D eigenvalue weighted by atomic mass is 10.1. The average Bonchev–Trinajstić information content (AvgIpc) is 3.05. The lowest BCUT2D eigenvalue weighted by molar-refractivity contribution is -0.132. The van der Waals surface area contributed by atoms with Crippen molar-refractivity contribution in [3.8, 4) is 0 Å². The van der Waals surface area contributed by atoms with Gasteiger partial charge in [0, 0.05) is 25.0 Å². The molecular formula is C21H23N5O4. The van der Waals surface area contributed by atoms with Crippen molar-refractivity contribution in [3.63, 3.8) is 0 Å². The number of amides is 2. The number of anilines is 2. The molecule has 2 aromatic heterocycles. The van der Waals surface area contributed by atoms with Gasteiger partial charge in [-0.15, -0.1) is 0 Å². The number of rotatable bonds is 4. The third kappa shape index (κ3) is 3.78. The molecule has 30 heavy (non-hydrogen) atoms. The Morgan fingerprint density at radius 3 is 2.73 bits per heavy atom. The normalized spacial score (nSPS) is 14.1. The van der Waals surface area contributed by atoms with Gasteiger partial charge < -0.3 is 20.4 Å². The van der Waals surface area contributed by atoms with Crippen molar-refractivity contribution in [2.75, 3.05) is 24.1 Å². The van der Waals surface area contributed by atoms with Crippen LogP contribution in [-0.4, -0.2) is 39.4 Å². The van der Waals surface area contributed by atoms with Crippen LogP contribution in [0.2, 0.25) is 0 Å². The van der Waals surface area contributed by atoms with Crippen LogP contribution in [-0.2, 0) is 11.3 Å². The van der Waals surface area contributed by atoms with Gasteiger partial charge >= 0.3 is 5.76 Å². The molecule has 156 valence electrons. The number of aromatic nitrogens is 2. The van der Waals surface area contributed by atoms with Gasteiger partial charge in [0.05, 0.1) is 11.2 Å². The quantitative estimate of drug-likeness (QED) is 0.680. The first-order valence-electron chi connectivity index (χ1n) is 9.87. The highest BCUT2D eigenvalue weighted by molar-refractivity contribution is 6.07. The molecule has 0 unspecified atom stereocenters. The Bertz CT molecular complexity index is 1170. The summed E-state index contributed by atoms with van der Waals surface area (Å²) in [7, 11) is 0. The van der Waals surface area contributed by atoms with E-state index in [0.29, 0.717) is 35.6 Å². The molecule has 3 N–H and O–H groups in total. The van der Waals surface area contributed by atoms with Crippen molar-refractivity contribution >= 4 is 34.3 Å². The third-order valence-electron chi connectivity index (χ3n) is 5.35. The molecule has 1 fully saturated rings. The van der Waals surface area contributed by atoms with Gasteiger partial charge in [-0.2, -0.15) is 0 Å². The molecule has 3 heterocycles. The lowest BCUT2D eigenvalue weighted by Gasteiger charge is -2.26. The number of oxazole rings is 1. The summed E-state index contributed by atoms with van der Waals surface area (Å²) < 4.78 is 6.55. The number of hydrogen-bond donors (Lipinski definition) is 2. The third-order valence-corrected chi connectivity index (χ3v) is 5.35. The Hall–Kier alpha value is -3.62. The van der Waals surface area contributed by atoms with E-state index in [2.05, 4.69) is 10.3 Å². The number of aryl methyl sites for hydroxylation is 1. The van der Waals surface area contributed by atoms with Gasteiger partial charge in [-0.1, -0.05) is 0 Å². The number of nitrogens with zero attached hydrogens (tertiary/aromatic N) is 3. The second-order valence-corrected chi connectivity index (χ2v) is 7.42. The monoisotopic (exact) mass is 409 g/mol. The maximum absolute atomic E-state index is 12.6. The largest absolute Gasteiger partial charge is 0.420 e. The number of benzene rings is 1. The molecule has 0 atom stereocenters. The van der Waals surface area contributed by atoms with Crippen molar-refractivity contribution in [1.82, 2.24) is 14.5 Å². The molecule has 1 aromatic carbocycles. The van der Waals surface area contributed by atoms with Crippen molar-refractivity contribution in [1.29, 1.82) is 0 Å². The van der Waals surface area contributed by atoms with Crippen LogP contribution in [0.15, 0.2) is 39.7 Å². The van der Waals surface area contributed by atoms with Gasteiger partial charge in [-0.25, -0.2) is 9.78 Å². The van der Waals surface area contributed by atoms with E-state index in [0.717, 1.165) is 24.8 Å². The summed E-state index contributed by atoms with van der Waals surface area (Å²) in [5.41, 5.74) is 8.37. The second-order valence-electron chi connectivity index (χ2n) is 7.42. The number of nitrogens with two attached hydrogens (primary N) is 1. The van der Waals surface area contributed by atoms with E-state index in [9.17, 15) is 14.4 Å². The zero-order valence-electron chi connectivity index (χ0n) is 16.7. The highest BCUT2D eigenvalue weighted by Crippen LogP contribution is 2.21.